The number of carbonyl (C=O) groups excluding carboxylic acids is 2. The van der Waals surface area contributed by atoms with Gasteiger partial charge in [-0.1, -0.05) is 42.0 Å². The SMILES string of the molecule is COc1ccccc1/C=C/C=C1\Oc2cc(OCC(=O)c3ccc(Cl)cc3)ccc2C1=O. The zero-order valence-corrected chi connectivity index (χ0v) is 18.0. The molecule has 0 N–H and O–H groups in total. The summed E-state index contributed by atoms with van der Waals surface area (Å²) in [7, 11) is 1.61. The van der Waals surface area contributed by atoms with Crippen LogP contribution in [0.5, 0.6) is 17.2 Å². The van der Waals surface area contributed by atoms with E-state index in [1.165, 1.54) is 0 Å². The molecule has 6 heteroatoms. The Morgan fingerprint density at radius 2 is 1.84 bits per heavy atom. The zero-order chi connectivity index (χ0) is 22.5. The van der Waals surface area contributed by atoms with E-state index in [0.29, 0.717) is 27.6 Å². The molecule has 0 unspecified atom stereocenters. The highest BCUT2D eigenvalue weighted by molar-refractivity contribution is 6.30. The summed E-state index contributed by atoms with van der Waals surface area (Å²) in [6, 6.07) is 19.0. The van der Waals surface area contributed by atoms with Gasteiger partial charge >= 0.3 is 0 Å². The van der Waals surface area contributed by atoms with Crippen molar-refractivity contribution < 1.29 is 23.8 Å². The topological polar surface area (TPSA) is 61.8 Å². The Morgan fingerprint density at radius 3 is 2.62 bits per heavy atom. The maximum atomic E-state index is 12.6. The third-order valence-corrected chi connectivity index (χ3v) is 5.09. The Morgan fingerprint density at radius 1 is 1.06 bits per heavy atom. The number of methoxy groups -OCH3 is 1. The molecule has 0 saturated heterocycles. The minimum atomic E-state index is -0.214. The second-order valence-corrected chi connectivity index (χ2v) is 7.38. The van der Waals surface area contributed by atoms with Crippen molar-refractivity contribution in [2.24, 2.45) is 0 Å². The second kappa shape index (κ2) is 9.54. The van der Waals surface area contributed by atoms with Gasteiger partial charge < -0.3 is 14.2 Å². The molecule has 0 amide bonds. The van der Waals surface area contributed by atoms with E-state index in [1.54, 1.807) is 61.7 Å². The van der Waals surface area contributed by atoms with Gasteiger partial charge in [0.05, 0.1) is 12.7 Å². The number of rotatable bonds is 7. The van der Waals surface area contributed by atoms with Crippen LogP contribution in [0.2, 0.25) is 5.02 Å². The van der Waals surface area contributed by atoms with Crippen LogP contribution in [0.15, 0.2) is 84.6 Å². The van der Waals surface area contributed by atoms with Gasteiger partial charge in [-0.15, -0.1) is 0 Å². The summed E-state index contributed by atoms with van der Waals surface area (Å²) >= 11 is 5.85. The molecule has 3 aromatic carbocycles. The summed E-state index contributed by atoms with van der Waals surface area (Å²) in [6.07, 6.45) is 5.18. The van der Waals surface area contributed by atoms with E-state index in [1.807, 2.05) is 30.3 Å². The Bertz CT molecular complexity index is 1230. The third-order valence-electron chi connectivity index (χ3n) is 4.84. The number of para-hydroxylation sites is 1. The molecule has 0 bridgehead atoms. The van der Waals surface area contributed by atoms with Gasteiger partial charge in [0, 0.05) is 22.2 Å². The van der Waals surface area contributed by atoms with Crippen molar-refractivity contribution in [2.75, 3.05) is 13.7 Å². The van der Waals surface area contributed by atoms with Crippen LogP contribution in [0.1, 0.15) is 26.3 Å². The first-order chi connectivity index (χ1) is 15.5. The van der Waals surface area contributed by atoms with Gasteiger partial charge in [-0.3, -0.25) is 9.59 Å². The predicted molar refractivity (Wildman–Crippen MR) is 123 cm³/mol. The Labute approximate surface area is 190 Å². The van der Waals surface area contributed by atoms with Gasteiger partial charge in [-0.05, 0) is 48.5 Å². The summed E-state index contributed by atoms with van der Waals surface area (Å²) in [6.45, 7) is -0.140. The lowest BCUT2D eigenvalue weighted by Crippen LogP contribution is -2.11. The van der Waals surface area contributed by atoms with Gasteiger partial charge in [-0.2, -0.15) is 0 Å². The molecule has 5 nitrogen and oxygen atoms in total. The van der Waals surface area contributed by atoms with Crippen LogP contribution in [0.4, 0.5) is 0 Å². The van der Waals surface area contributed by atoms with Crippen molar-refractivity contribution in [3.63, 3.8) is 0 Å². The van der Waals surface area contributed by atoms with Crippen molar-refractivity contribution in [2.45, 2.75) is 0 Å². The van der Waals surface area contributed by atoms with Crippen LogP contribution < -0.4 is 14.2 Å². The summed E-state index contributed by atoms with van der Waals surface area (Å²) < 4.78 is 16.6. The molecule has 0 atom stereocenters. The average molecular weight is 447 g/mol. The number of fused-ring (bicyclic) bond motifs is 1. The lowest BCUT2D eigenvalue weighted by atomic mass is 10.1. The Kier molecular flexibility index (Phi) is 6.38. The molecule has 0 aromatic heterocycles. The van der Waals surface area contributed by atoms with Crippen molar-refractivity contribution in [1.29, 1.82) is 0 Å². The molecule has 4 rings (SSSR count). The fraction of sp³-hybridized carbons (Fsp3) is 0.0769. The average Bonchev–Trinajstić information content (AvgIpc) is 3.13. The first-order valence-corrected chi connectivity index (χ1v) is 10.2. The van der Waals surface area contributed by atoms with Crippen LogP contribution in [0.3, 0.4) is 0 Å². The van der Waals surface area contributed by atoms with Gasteiger partial charge in [0.15, 0.2) is 18.1 Å². The zero-order valence-electron chi connectivity index (χ0n) is 17.2. The van der Waals surface area contributed by atoms with Crippen molar-refractivity contribution >= 4 is 29.2 Å². The van der Waals surface area contributed by atoms with E-state index in [9.17, 15) is 9.59 Å². The summed E-state index contributed by atoms with van der Waals surface area (Å²) in [4.78, 5) is 24.9. The molecular formula is C26H19ClO5. The molecule has 1 heterocycles. The first-order valence-electron chi connectivity index (χ1n) is 9.84. The first kappa shape index (κ1) is 21.4. The molecule has 0 saturated carbocycles. The van der Waals surface area contributed by atoms with E-state index in [2.05, 4.69) is 0 Å². The molecule has 32 heavy (non-hydrogen) atoms. The van der Waals surface area contributed by atoms with Gasteiger partial charge in [0.2, 0.25) is 5.78 Å². The molecule has 3 aromatic rings. The van der Waals surface area contributed by atoms with Crippen LogP contribution in [-0.2, 0) is 0 Å². The number of Topliss-reactive ketones (excluding diaryl/α,β-unsaturated/α-hetero) is 2. The van der Waals surface area contributed by atoms with E-state index >= 15 is 0 Å². The minimum Gasteiger partial charge on any atom is -0.496 e. The largest absolute Gasteiger partial charge is 0.496 e. The van der Waals surface area contributed by atoms with Gasteiger partial charge in [0.25, 0.3) is 0 Å². The van der Waals surface area contributed by atoms with Crippen LogP contribution in [0, 0.1) is 0 Å². The highest BCUT2D eigenvalue weighted by atomic mass is 35.5. The monoisotopic (exact) mass is 446 g/mol. The van der Waals surface area contributed by atoms with Crippen molar-refractivity contribution in [1.82, 2.24) is 0 Å². The summed E-state index contributed by atoms with van der Waals surface area (Å²) in [5.41, 5.74) is 1.84. The lowest BCUT2D eigenvalue weighted by molar-refractivity contribution is 0.0921. The number of hydrogen-bond acceptors (Lipinski definition) is 5. The second-order valence-electron chi connectivity index (χ2n) is 6.94. The fourth-order valence-electron chi connectivity index (χ4n) is 3.18. The third kappa shape index (κ3) is 4.74. The number of hydrogen-bond donors (Lipinski definition) is 0. The maximum Gasteiger partial charge on any atom is 0.231 e. The Hall–Kier alpha value is -3.83. The van der Waals surface area contributed by atoms with Gasteiger partial charge in [0.1, 0.15) is 17.2 Å². The fourth-order valence-corrected chi connectivity index (χ4v) is 3.31. The van der Waals surface area contributed by atoms with Crippen LogP contribution in [0.25, 0.3) is 6.08 Å². The minimum absolute atomic E-state index is 0.140. The van der Waals surface area contributed by atoms with Crippen molar-refractivity contribution in [3.8, 4) is 17.2 Å². The van der Waals surface area contributed by atoms with E-state index in [-0.39, 0.29) is 23.9 Å². The summed E-state index contributed by atoms with van der Waals surface area (Å²) in [5, 5.41) is 0.560. The molecule has 1 aliphatic heterocycles. The van der Waals surface area contributed by atoms with E-state index in [0.717, 1.165) is 11.3 Å². The number of ether oxygens (including phenoxy) is 3. The molecule has 0 spiro atoms. The maximum absolute atomic E-state index is 12.6. The highest BCUT2D eigenvalue weighted by Crippen LogP contribution is 2.34. The standard InChI is InChI=1S/C26H19ClO5/c1-30-23-7-3-2-5-18(23)6-4-8-24-26(29)21-14-13-20(15-25(21)32-24)31-16-22(28)17-9-11-19(27)12-10-17/h2-15H,16H2,1H3/b6-4+,24-8-. The Balaban J connectivity index is 1.42. The molecule has 1 aliphatic rings. The highest BCUT2D eigenvalue weighted by Gasteiger charge is 2.27. The van der Waals surface area contributed by atoms with Crippen LogP contribution in [-0.4, -0.2) is 25.3 Å². The lowest BCUT2D eigenvalue weighted by Gasteiger charge is -2.07. The molecule has 160 valence electrons. The predicted octanol–water partition coefficient (Wildman–Crippen LogP) is 5.78. The van der Waals surface area contributed by atoms with Gasteiger partial charge in [-0.25, -0.2) is 0 Å². The number of carbonyl (C=O) groups is 2. The van der Waals surface area contributed by atoms with Crippen LogP contribution >= 0.6 is 11.6 Å². The number of ketones is 2. The number of allylic oxidation sites excluding steroid dienone is 3. The quantitative estimate of drug-likeness (QED) is 0.340. The molecule has 0 radical (unpaired) electrons. The van der Waals surface area contributed by atoms with E-state index in [4.69, 9.17) is 25.8 Å². The van der Waals surface area contributed by atoms with Crippen molar-refractivity contribution in [3.05, 3.63) is 106 Å². The smallest absolute Gasteiger partial charge is 0.231 e. The molecular weight excluding hydrogens is 428 g/mol. The summed E-state index contributed by atoms with van der Waals surface area (Å²) in [5.74, 6) is 1.38. The van der Waals surface area contributed by atoms with E-state index < -0.39 is 0 Å². The number of halogens is 1. The number of benzene rings is 3. The molecule has 0 fully saturated rings. The molecule has 0 aliphatic carbocycles. The normalized spacial score (nSPS) is 13.8.